The van der Waals surface area contributed by atoms with Crippen LogP contribution >= 0.6 is 0 Å². The molecule has 0 aromatic heterocycles. The molecule has 1 fully saturated rings. The summed E-state index contributed by atoms with van der Waals surface area (Å²) in [6.45, 7) is 0.875. The number of methoxy groups -OCH3 is 1. The first kappa shape index (κ1) is 20.7. The summed E-state index contributed by atoms with van der Waals surface area (Å²) in [6, 6.07) is 4.09. The largest absolute Gasteiger partial charge is 0.469 e. The Labute approximate surface area is 154 Å². The Morgan fingerprint density at radius 2 is 1.74 bits per heavy atom. The van der Waals surface area contributed by atoms with Gasteiger partial charge in [0.1, 0.15) is 0 Å². The Hall–Kier alpha value is -2.58. The molecule has 0 unspecified atom stereocenters. The van der Waals surface area contributed by atoms with Crippen molar-refractivity contribution < 1.29 is 32.3 Å². The van der Waals surface area contributed by atoms with Crippen LogP contribution in [0.2, 0.25) is 0 Å². The third kappa shape index (κ3) is 5.70. The van der Waals surface area contributed by atoms with Crippen molar-refractivity contribution in [3.63, 3.8) is 0 Å². The number of carbonyl (C=O) groups is 3. The monoisotopic (exact) mass is 386 g/mol. The third-order valence-corrected chi connectivity index (χ3v) is 4.47. The molecule has 1 aliphatic rings. The second-order valence-corrected chi connectivity index (χ2v) is 6.26. The van der Waals surface area contributed by atoms with Gasteiger partial charge in [0.05, 0.1) is 19.1 Å². The number of rotatable bonds is 5. The van der Waals surface area contributed by atoms with Gasteiger partial charge in [-0.3, -0.25) is 14.4 Å². The smallest absolute Gasteiger partial charge is 0.416 e. The van der Waals surface area contributed by atoms with E-state index >= 15 is 0 Å². The van der Waals surface area contributed by atoms with Crippen LogP contribution in [0.3, 0.4) is 0 Å². The lowest BCUT2D eigenvalue weighted by atomic mass is 9.95. The van der Waals surface area contributed by atoms with Gasteiger partial charge in [0, 0.05) is 31.1 Å². The van der Waals surface area contributed by atoms with E-state index in [-0.39, 0.29) is 36.3 Å². The van der Waals surface area contributed by atoms with Gasteiger partial charge in [-0.05, 0) is 37.1 Å². The molecule has 0 atom stereocenters. The minimum absolute atomic E-state index is 0.0908. The van der Waals surface area contributed by atoms with Crippen molar-refractivity contribution in [3.05, 3.63) is 35.4 Å². The Balaban J connectivity index is 1.83. The fourth-order valence-electron chi connectivity index (χ4n) is 2.86. The lowest BCUT2D eigenvalue weighted by molar-refractivity contribution is -0.140. The molecule has 2 amide bonds. The van der Waals surface area contributed by atoms with Crippen molar-refractivity contribution in [2.45, 2.75) is 25.4 Å². The maximum atomic E-state index is 12.6. The van der Waals surface area contributed by atoms with Crippen LogP contribution in [0, 0.1) is 5.92 Å². The van der Waals surface area contributed by atoms with Gasteiger partial charge in [0.15, 0.2) is 0 Å². The van der Waals surface area contributed by atoms with Crippen LogP contribution in [0.5, 0.6) is 0 Å². The number of carbonyl (C=O) groups excluding carboxylic acids is 3. The van der Waals surface area contributed by atoms with Gasteiger partial charge in [0.25, 0.3) is 5.91 Å². The quantitative estimate of drug-likeness (QED) is 0.788. The zero-order valence-electron chi connectivity index (χ0n) is 14.8. The van der Waals surface area contributed by atoms with E-state index in [9.17, 15) is 27.6 Å². The van der Waals surface area contributed by atoms with Crippen LogP contribution < -0.4 is 5.32 Å². The van der Waals surface area contributed by atoms with Crippen LogP contribution in [-0.4, -0.2) is 49.4 Å². The molecule has 0 aliphatic carbocycles. The van der Waals surface area contributed by atoms with Crippen molar-refractivity contribution in [1.82, 2.24) is 10.2 Å². The molecule has 0 bridgehead atoms. The summed E-state index contributed by atoms with van der Waals surface area (Å²) in [6.07, 6.45) is -3.44. The number of likely N-dealkylation sites (tertiary alicyclic amines) is 1. The fraction of sp³-hybridized carbons (Fsp3) is 0.500. The number of hydrogen-bond acceptors (Lipinski definition) is 4. The van der Waals surface area contributed by atoms with E-state index in [2.05, 4.69) is 10.1 Å². The molecule has 148 valence electrons. The molecule has 1 N–H and O–H groups in total. The fourth-order valence-corrected chi connectivity index (χ4v) is 2.86. The van der Waals surface area contributed by atoms with Crippen molar-refractivity contribution in [2.24, 2.45) is 5.92 Å². The maximum Gasteiger partial charge on any atom is 0.416 e. The highest BCUT2D eigenvalue weighted by atomic mass is 19.4. The first-order valence-corrected chi connectivity index (χ1v) is 8.53. The minimum Gasteiger partial charge on any atom is -0.469 e. The first-order chi connectivity index (χ1) is 12.7. The zero-order chi connectivity index (χ0) is 20.0. The van der Waals surface area contributed by atoms with E-state index in [0.29, 0.717) is 25.9 Å². The first-order valence-electron chi connectivity index (χ1n) is 8.53. The van der Waals surface area contributed by atoms with Gasteiger partial charge < -0.3 is 15.0 Å². The summed E-state index contributed by atoms with van der Waals surface area (Å²) in [5, 5.41) is 2.66. The summed E-state index contributed by atoms with van der Waals surface area (Å²) in [5.41, 5.74) is -0.620. The van der Waals surface area contributed by atoms with E-state index < -0.39 is 17.7 Å². The summed E-state index contributed by atoms with van der Waals surface area (Å²) in [5.74, 6) is -1.21. The van der Waals surface area contributed by atoms with Gasteiger partial charge in [0.2, 0.25) is 5.91 Å². The average molecular weight is 386 g/mol. The zero-order valence-corrected chi connectivity index (χ0v) is 14.8. The number of alkyl halides is 3. The van der Waals surface area contributed by atoms with Gasteiger partial charge in [-0.15, -0.1) is 0 Å². The number of hydrogen-bond donors (Lipinski definition) is 1. The highest BCUT2D eigenvalue weighted by Gasteiger charge is 2.31. The molecule has 1 heterocycles. The molecule has 2 rings (SSSR count). The van der Waals surface area contributed by atoms with Crippen molar-refractivity contribution in [3.8, 4) is 0 Å². The van der Waals surface area contributed by atoms with Gasteiger partial charge in [-0.1, -0.05) is 0 Å². The van der Waals surface area contributed by atoms with E-state index in [0.717, 1.165) is 24.3 Å². The topological polar surface area (TPSA) is 75.7 Å². The number of nitrogens with zero attached hydrogens (tertiary/aromatic N) is 1. The van der Waals surface area contributed by atoms with Gasteiger partial charge in [-0.2, -0.15) is 13.2 Å². The SMILES string of the molecule is COC(=O)CCNC(=O)C1CCN(C(=O)c2ccc(C(F)(F)F)cc2)CC1. The molecule has 0 radical (unpaired) electrons. The number of ether oxygens (including phenoxy) is 1. The van der Waals surface area contributed by atoms with Crippen molar-refractivity contribution in [2.75, 3.05) is 26.7 Å². The average Bonchev–Trinajstić information content (AvgIpc) is 2.66. The lowest BCUT2D eigenvalue weighted by Crippen LogP contribution is -2.43. The van der Waals surface area contributed by atoms with E-state index in [4.69, 9.17) is 0 Å². The number of nitrogens with one attached hydrogen (secondary N) is 1. The third-order valence-electron chi connectivity index (χ3n) is 4.47. The highest BCUT2D eigenvalue weighted by molar-refractivity contribution is 5.94. The van der Waals surface area contributed by atoms with Crippen LogP contribution in [0.15, 0.2) is 24.3 Å². The minimum atomic E-state index is -4.44. The second-order valence-electron chi connectivity index (χ2n) is 6.26. The predicted octanol–water partition coefficient (Wildman–Crippen LogP) is 2.24. The molecule has 1 aromatic carbocycles. The normalized spacial score (nSPS) is 15.3. The van der Waals surface area contributed by atoms with E-state index in [1.54, 1.807) is 0 Å². The maximum absolute atomic E-state index is 12.6. The summed E-state index contributed by atoms with van der Waals surface area (Å²) in [4.78, 5) is 37.0. The molecular weight excluding hydrogens is 365 g/mol. The van der Waals surface area contributed by atoms with Crippen LogP contribution in [0.1, 0.15) is 35.2 Å². The van der Waals surface area contributed by atoms with Crippen LogP contribution in [-0.2, 0) is 20.5 Å². The highest BCUT2D eigenvalue weighted by Crippen LogP contribution is 2.29. The Morgan fingerprint density at radius 3 is 2.26 bits per heavy atom. The van der Waals surface area contributed by atoms with Crippen LogP contribution in [0.4, 0.5) is 13.2 Å². The summed E-state index contributed by atoms with van der Waals surface area (Å²) in [7, 11) is 1.27. The molecule has 0 spiro atoms. The Morgan fingerprint density at radius 1 is 1.15 bits per heavy atom. The molecule has 1 aliphatic heterocycles. The molecule has 1 aromatic rings. The van der Waals surface area contributed by atoms with Gasteiger partial charge in [-0.25, -0.2) is 0 Å². The molecule has 0 saturated carbocycles. The number of halogens is 3. The Bertz CT molecular complexity index is 681. The number of esters is 1. The predicted molar refractivity (Wildman–Crippen MR) is 89.7 cm³/mol. The standard InChI is InChI=1S/C18H21F3N2O4/c1-27-15(24)6-9-22-16(25)12-7-10-23(11-8-12)17(26)13-2-4-14(5-3-13)18(19,20)21/h2-5,12H,6-11H2,1H3,(H,22,25). The molecule has 6 nitrogen and oxygen atoms in total. The lowest BCUT2D eigenvalue weighted by Gasteiger charge is -2.31. The molecule has 9 heteroatoms. The van der Waals surface area contributed by atoms with Crippen molar-refractivity contribution >= 4 is 17.8 Å². The molecule has 1 saturated heterocycles. The summed E-state index contributed by atoms with van der Waals surface area (Å²) >= 11 is 0. The number of amides is 2. The number of piperidine rings is 1. The Kier molecular flexibility index (Phi) is 6.81. The molecule has 27 heavy (non-hydrogen) atoms. The van der Waals surface area contributed by atoms with E-state index in [1.165, 1.54) is 12.0 Å². The van der Waals surface area contributed by atoms with Crippen LogP contribution in [0.25, 0.3) is 0 Å². The number of benzene rings is 1. The second kappa shape index (κ2) is 8.88. The van der Waals surface area contributed by atoms with E-state index in [1.807, 2.05) is 0 Å². The summed E-state index contributed by atoms with van der Waals surface area (Å²) < 4.78 is 42.3. The van der Waals surface area contributed by atoms with Crippen molar-refractivity contribution in [1.29, 1.82) is 0 Å². The van der Waals surface area contributed by atoms with Gasteiger partial charge >= 0.3 is 12.1 Å². The molecular formula is C18H21F3N2O4.